The fourth-order valence-corrected chi connectivity index (χ4v) is 0.792. The summed E-state index contributed by atoms with van der Waals surface area (Å²) >= 11 is 0. The second-order valence-corrected chi connectivity index (χ2v) is 2.21. The van der Waals surface area contributed by atoms with Crippen LogP contribution in [0.15, 0.2) is 10.9 Å². The molecule has 0 saturated heterocycles. The Morgan fingerprint density at radius 3 is 2.55 bits per heavy atom. The van der Waals surface area contributed by atoms with E-state index in [0.29, 0.717) is 10.4 Å². The standard InChI is InChI=1S/C7H8NO2.Zn/c1-5-3-6(2)8(10)7(9)4-5;/h3,10H,1-2H3;/q-1;. The molecule has 0 atom stereocenters. The largest absolute Gasteiger partial charge is 0.428 e. The van der Waals surface area contributed by atoms with Gasteiger partial charge in [0.25, 0.3) is 0 Å². The van der Waals surface area contributed by atoms with Crippen LogP contribution in [0, 0.1) is 19.9 Å². The molecule has 0 aliphatic carbocycles. The first-order chi connectivity index (χ1) is 4.61. The molecule has 0 aliphatic heterocycles. The third kappa shape index (κ3) is 2.16. The molecule has 0 aliphatic rings. The smallest absolute Gasteiger partial charge is 0.192 e. The van der Waals surface area contributed by atoms with Crippen molar-refractivity contribution in [3.63, 3.8) is 0 Å². The van der Waals surface area contributed by atoms with Crippen molar-refractivity contribution >= 4 is 0 Å². The summed E-state index contributed by atoms with van der Waals surface area (Å²) in [5, 5.41) is 8.90. The summed E-state index contributed by atoms with van der Waals surface area (Å²) in [6.07, 6.45) is 0. The van der Waals surface area contributed by atoms with Crippen LogP contribution in [0.25, 0.3) is 0 Å². The topological polar surface area (TPSA) is 42.2 Å². The van der Waals surface area contributed by atoms with E-state index in [1.54, 1.807) is 19.9 Å². The molecule has 1 heterocycles. The van der Waals surface area contributed by atoms with Gasteiger partial charge in [0.1, 0.15) is 0 Å². The zero-order valence-corrected chi connectivity index (χ0v) is 9.55. The summed E-state index contributed by atoms with van der Waals surface area (Å²) in [5.41, 5.74) is 0.770. The first kappa shape index (κ1) is 10.4. The molecule has 0 aromatic carbocycles. The van der Waals surface area contributed by atoms with Crippen molar-refractivity contribution in [3.8, 4) is 0 Å². The monoisotopic (exact) mass is 202 g/mol. The summed E-state index contributed by atoms with van der Waals surface area (Å²) in [7, 11) is 0. The number of hydrogen-bond donors (Lipinski definition) is 1. The number of nitrogens with zero attached hydrogens (tertiary/aromatic N) is 1. The summed E-state index contributed by atoms with van der Waals surface area (Å²) in [5.74, 6) is 0. The molecule has 0 fully saturated rings. The minimum Gasteiger partial charge on any atom is -0.428 e. The average Bonchev–Trinajstić information content (AvgIpc) is 1.82. The maximum Gasteiger partial charge on any atom is 0.192 e. The van der Waals surface area contributed by atoms with Crippen molar-refractivity contribution in [1.82, 2.24) is 4.73 Å². The Bertz CT molecular complexity index is 306. The van der Waals surface area contributed by atoms with Gasteiger partial charge < -0.3 is 5.21 Å². The molecular formula is C7H8NO2Zn-. The molecule has 0 spiro atoms. The van der Waals surface area contributed by atoms with E-state index in [-0.39, 0.29) is 19.5 Å². The van der Waals surface area contributed by atoms with E-state index in [0.717, 1.165) is 5.56 Å². The third-order valence-electron chi connectivity index (χ3n) is 1.26. The van der Waals surface area contributed by atoms with Crippen LogP contribution in [-0.2, 0) is 19.5 Å². The normalized spacial score (nSPS) is 8.91. The van der Waals surface area contributed by atoms with Gasteiger partial charge in [-0.25, -0.2) is 5.56 Å². The van der Waals surface area contributed by atoms with Crippen LogP contribution in [0.5, 0.6) is 0 Å². The number of pyridine rings is 1. The van der Waals surface area contributed by atoms with E-state index in [9.17, 15) is 4.79 Å². The first-order valence-electron chi connectivity index (χ1n) is 2.93. The van der Waals surface area contributed by atoms with Gasteiger partial charge in [-0.05, 0) is 12.6 Å². The molecule has 4 heteroatoms. The minimum absolute atomic E-state index is 0. The van der Waals surface area contributed by atoms with E-state index in [2.05, 4.69) is 6.07 Å². The van der Waals surface area contributed by atoms with Crippen LogP contribution in [0.1, 0.15) is 11.3 Å². The van der Waals surface area contributed by atoms with Crippen molar-refractivity contribution in [2.45, 2.75) is 13.8 Å². The Balaban J connectivity index is 0.000001000. The maximum absolute atomic E-state index is 10.7. The summed E-state index contributed by atoms with van der Waals surface area (Å²) in [6.45, 7) is 3.41. The van der Waals surface area contributed by atoms with Crippen molar-refractivity contribution in [3.05, 3.63) is 33.7 Å². The fourth-order valence-electron chi connectivity index (χ4n) is 0.792. The molecule has 0 radical (unpaired) electrons. The van der Waals surface area contributed by atoms with Gasteiger partial charge in [-0.15, -0.1) is 0 Å². The predicted molar refractivity (Wildman–Crippen MR) is 36.2 cm³/mol. The Morgan fingerprint density at radius 1 is 1.55 bits per heavy atom. The molecule has 1 rings (SSSR count). The van der Waals surface area contributed by atoms with Crippen molar-refractivity contribution in [2.75, 3.05) is 0 Å². The van der Waals surface area contributed by atoms with Crippen LogP contribution in [0.3, 0.4) is 0 Å². The van der Waals surface area contributed by atoms with Crippen molar-refractivity contribution in [2.24, 2.45) is 0 Å². The van der Waals surface area contributed by atoms with Crippen LogP contribution < -0.4 is 5.56 Å². The quantitative estimate of drug-likeness (QED) is 0.379. The Hall–Kier alpha value is -0.627. The van der Waals surface area contributed by atoms with Gasteiger partial charge >= 0.3 is 0 Å². The molecule has 11 heavy (non-hydrogen) atoms. The van der Waals surface area contributed by atoms with Crippen LogP contribution in [0.4, 0.5) is 0 Å². The first-order valence-corrected chi connectivity index (χ1v) is 2.93. The molecule has 1 N–H and O–H groups in total. The number of aromatic nitrogens is 1. The molecule has 56 valence electrons. The van der Waals surface area contributed by atoms with E-state index in [4.69, 9.17) is 5.21 Å². The SMILES string of the molecule is Cc1[c-]c(=O)n(O)c(C)c1.[Zn]. The summed E-state index contributed by atoms with van der Waals surface area (Å²) < 4.78 is 0.576. The van der Waals surface area contributed by atoms with Crippen molar-refractivity contribution in [1.29, 1.82) is 0 Å². The molecule has 0 bridgehead atoms. The van der Waals surface area contributed by atoms with Gasteiger partial charge in [0.05, 0.1) is 0 Å². The van der Waals surface area contributed by atoms with Crippen molar-refractivity contribution < 1.29 is 24.7 Å². The zero-order chi connectivity index (χ0) is 7.72. The molecule has 0 amide bonds. The molecule has 0 unspecified atom stereocenters. The van der Waals surface area contributed by atoms with E-state index in [1.807, 2.05) is 0 Å². The number of aryl methyl sites for hydroxylation is 2. The minimum atomic E-state index is -0.502. The number of rotatable bonds is 0. The van der Waals surface area contributed by atoms with Crippen LogP contribution in [-0.4, -0.2) is 9.94 Å². The van der Waals surface area contributed by atoms with E-state index >= 15 is 0 Å². The van der Waals surface area contributed by atoms with E-state index in [1.165, 1.54) is 0 Å². The molecule has 3 nitrogen and oxygen atoms in total. The third-order valence-corrected chi connectivity index (χ3v) is 1.26. The van der Waals surface area contributed by atoms with Gasteiger partial charge in [-0.1, -0.05) is 6.92 Å². The van der Waals surface area contributed by atoms with Gasteiger partial charge in [0.15, 0.2) is 5.56 Å². The second-order valence-electron chi connectivity index (χ2n) is 2.21. The van der Waals surface area contributed by atoms with E-state index < -0.39 is 5.56 Å². The van der Waals surface area contributed by atoms with Gasteiger partial charge in [0, 0.05) is 19.5 Å². The summed E-state index contributed by atoms with van der Waals surface area (Å²) in [6, 6.07) is 4.12. The molecule has 1 aromatic heterocycles. The Morgan fingerprint density at radius 2 is 2.09 bits per heavy atom. The fraction of sp³-hybridized carbons (Fsp3) is 0.286. The molecular weight excluding hydrogens is 195 g/mol. The average molecular weight is 204 g/mol. The second kappa shape index (κ2) is 3.67. The maximum atomic E-state index is 10.7. The Labute approximate surface area is 77.4 Å². The van der Waals surface area contributed by atoms with Crippen LogP contribution in [0.2, 0.25) is 0 Å². The molecule has 1 aromatic rings. The predicted octanol–water partition coefficient (Wildman–Crippen LogP) is 0.500. The molecule has 0 saturated carbocycles. The number of hydrogen-bond acceptors (Lipinski definition) is 2. The summed E-state index contributed by atoms with van der Waals surface area (Å²) in [4.78, 5) is 10.7. The van der Waals surface area contributed by atoms with Gasteiger partial charge in [0.2, 0.25) is 0 Å². The van der Waals surface area contributed by atoms with Crippen LogP contribution >= 0.6 is 0 Å². The van der Waals surface area contributed by atoms with Gasteiger partial charge in [-0.3, -0.25) is 4.79 Å². The van der Waals surface area contributed by atoms with Gasteiger partial charge in [-0.2, -0.15) is 16.9 Å². The Kier molecular flexibility index (Phi) is 3.47. The zero-order valence-electron chi connectivity index (χ0n) is 6.59.